The van der Waals surface area contributed by atoms with Crippen molar-refractivity contribution in [3.63, 3.8) is 0 Å². The van der Waals surface area contributed by atoms with Gasteiger partial charge < -0.3 is 4.74 Å². The van der Waals surface area contributed by atoms with Crippen LogP contribution in [0.25, 0.3) is 0 Å². The summed E-state index contributed by atoms with van der Waals surface area (Å²) in [5, 5.41) is 0. The number of ether oxygens (including phenoxy) is 1. The predicted octanol–water partition coefficient (Wildman–Crippen LogP) is 1.03. The van der Waals surface area contributed by atoms with Crippen LogP contribution in [0.5, 0.6) is 0 Å². The second-order valence-electron chi connectivity index (χ2n) is 3.17. The molecule has 0 aliphatic carbocycles. The third-order valence-electron chi connectivity index (χ3n) is 2.04. The Balaban J connectivity index is 3.35. The zero-order valence-corrected chi connectivity index (χ0v) is 11.0. The Labute approximate surface area is 103 Å². The van der Waals surface area contributed by atoms with Gasteiger partial charge in [0.1, 0.15) is 4.88 Å². The van der Waals surface area contributed by atoms with Crippen LogP contribution in [-0.2, 0) is 11.3 Å². The van der Waals surface area contributed by atoms with Crippen molar-refractivity contribution in [3.05, 3.63) is 26.1 Å². The molecule has 94 valence electrons. The summed E-state index contributed by atoms with van der Waals surface area (Å²) >= 11 is 1.18. The Morgan fingerprint density at radius 3 is 2.71 bits per heavy atom. The molecule has 0 amide bonds. The van der Waals surface area contributed by atoms with Crippen molar-refractivity contribution in [2.75, 3.05) is 13.2 Å². The van der Waals surface area contributed by atoms with E-state index in [0.29, 0.717) is 29.4 Å². The van der Waals surface area contributed by atoms with Gasteiger partial charge in [-0.15, -0.1) is 0 Å². The van der Waals surface area contributed by atoms with Crippen LogP contribution in [-0.4, -0.2) is 23.7 Å². The molecule has 1 aromatic rings. The van der Waals surface area contributed by atoms with Crippen molar-refractivity contribution in [3.8, 4) is 0 Å². The molecule has 6 heteroatoms. The highest BCUT2D eigenvalue weighted by molar-refractivity contribution is 7.11. The van der Waals surface area contributed by atoms with Gasteiger partial charge in [0.05, 0.1) is 6.61 Å². The Kier molecular flexibility index (Phi) is 5.09. The molecule has 1 aromatic heterocycles. The highest BCUT2D eigenvalue weighted by Gasteiger charge is 2.10. The fraction of sp³-hybridized carbons (Fsp3) is 0.545. The number of carbonyl (C=O) groups excluding carboxylic acids is 1. The third-order valence-corrected chi connectivity index (χ3v) is 3.08. The van der Waals surface area contributed by atoms with Gasteiger partial charge >= 0.3 is 5.97 Å². The van der Waals surface area contributed by atoms with E-state index in [1.54, 1.807) is 6.92 Å². The van der Waals surface area contributed by atoms with Crippen LogP contribution >= 0.6 is 11.3 Å². The molecule has 0 bridgehead atoms. The van der Waals surface area contributed by atoms with Gasteiger partial charge in [0, 0.05) is 19.2 Å². The normalized spacial score (nSPS) is 11.6. The quantitative estimate of drug-likeness (QED) is 0.756. The molecule has 0 N–H and O–H groups in total. The van der Waals surface area contributed by atoms with Gasteiger partial charge in [-0.2, -0.15) is 0 Å². The number of hydrogen-bond donors (Lipinski definition) is 0. The summed E-state index contributed by atoms with van der Waals surface area (Å²) in [7, 11) is 0. The lowest BCUT2D eigenvalue weighted by atomic mass is 10.5. The Hall–Kier alpha value is -1.43. The van der Waals surface area contributed by atoms with Crippen LogP contribution in [0.1, 0.15) is 30.4 Å². The van der Waals surface area contributed by atoms with Crippen LogP contribution in [0, 0.1) is 0 Å². The van der Waals surface area contributed by atoms with E-state index in [4.69, 9.17) is 4.74 Å². The van der Waals surface area contributed by atoms with E-state index in [1.807, 2.05) is 13.8 Å². The molecule has 1 rings (SSSR count). The highest BCUT2D eigenvalue weighted by Crippen LogP contribution is 2.02. The maximum atomic E-state index is 11.8. The van der Waals surface area contributed by atoms with Gasteiger partial charge in [0.25, 0.3) is 5.56 Å². The zero-order chi connectivity index (χ0) is 12.8. The summed E-state index contributed by atoms with van der Waals surface area (Å²) in [6.07, 6.45) is 0. The molecule has 0 unspecified atom stereocenters. The number of aromatic nitrogens is 1. The van der Waals surface area contributed by atoms with E-state index in [9.17, 15) is 9.59 Å². The van der Waals surface area contributed by atoms with Crippen LogP contribution < -0.4 is 10.4 Å². The number of nitrogens with zero attached hydrogens (tertiary/aromatic N) is 2. The average molecular weight is 256 g/mol. The molecule has 0 aliphatic heterocycles. The first-order valence-electron chi connectivity index (χ1n) is 5.56. The van der Waals surface area contributed by atoms with E-state index in [1.165, 1.54) is 22.0 Å². The van der Waals surface area contributed by atoms with Gasteiger partial charge in [-0.3, -0.25) is 14.4 Å². The van der Waals surface area contributed by atoms with Crippen molar-refractivity contribution in [1.29, 1.82) is 0 Å². The minimum Gasteiger partial charge on any atom is -0.462 e. The summed E-state index contributed by atoms with van der Waals surface area (Å²) in [5.41, 5.74) is -0.221. The second-order valence-corrected chi connectivity index (χ2v) is 4.18. The molecule has 0 radical (unpaired) electrons. The molecular weight excluding hydrogens is 240 g/mol. The lowest BCUT2D eigenvalue weighted by Crippen LogP contribution is -2.32. The van der Waals surface area contributed by atoms with E-state index < -0.39 is 5.97 Å². The van der Waals surface area contributed by atoms with Crippen LogP contribution in [0.2, 0.25) is 0 Å². The summed E-state index contributed by atoms with van der Waals surface area (Å²) in [6, 6.07) is 1.31. The standard InChI is InChI=1S/C11H16N2O3S/c1-4-12-11-13(5-2)9(14)7-8(17-11)10(15)16-6-3/h7H,4-6H2,1-3H3. The van der Waals surface area contributed by atoms with Crippen LogP contribution in [0.4, 0.5) is 0 Å². The number of carbonyl (C=O) groups is 1. The molecule has 0 spiro atoms. The molecule has 0 fully saturated rings. The summed E-state index contributed by atoms with van der Waals surface area (Å²) in [6.45, 7) is 6.89. The van der Waals surface area contributed by atoms with Gasteiger partial charge in [-0.05, 0) is 20.8 Å². The fourth-order valence-electron chi connectivity index (χ4n) is 1.31. The van der Waals surface area contributed by atoms with Crippen molar-refractivity contribution in [2.24, 2.45) is 4.99 Å². The lowest BCUT2D eigenvalue weighted by molar-refractivity contribution is 0.0531. The maximum Gasteiger partial charge on any atom is 0.348 e. The van der Waals surface area contributed by atoms with E-state index >= 15 is 0 Å². The fourth-order valence-corrected chi connectivity index (χ4v) is 2.34. The number of esters is 1. The first kappa shape index (κ1) is 13.6. The summed E-state index contributed by atoms with van der Waals surface area (Å²) in [4.78, 5) is 28.4. The first-order valence-corrected chi connectivity index (χ1v) is 6.38. The lowest BCUT2D eigenvalue weighted by Gasteiger charge is -2.04. The maximum absolute atomic E-state index is 11.8. The molecule has 0 saturated heterocycles. The smallest absolute Gasteiger partial charge is 0.348 e. The van der Waals surface area contributed by atoms with E-state index in [0.717, 1.165) is 0 Å². The van der Waals surface area contributed by atoms with Gasteiger partial charge in [0.2, 0.25) is 0 Å². The number of rotatable bonds is 4. The van der Waals surface area contributed by atoms with Crippen molar-refractivity contribution in [1.82, 2.24) is 4.57 Å². The minimum absolute atomic E-state index is 0.221. The molecular formula is C11H16N2O3S. The molecule has 17 heavy (non-hydrogen) atoms. The van der Waals surface area contributed by atoms with E-state index in [-0.39, 0.29) is 5.56 Å². The summed E-state index contributed by atoms with van der Waals surface area (Å²) in [5.74, 6) is -0.467. The average Bonchev–Trinajstić information content (AvgIpc) is 2.29. The van der Waals surface area contributed by atoms with Gasteiger partial charge in [-0.25, -0.2) is 4.79 Å². The van der Waals surface area contributed by atoms with Gasteiger partial charge in [0.15, 0.2) is 4.80 Å². The Morgan fingerprint density at radius 1 is 1.47 bits per heavy atom. The largest absolute Gasteiger partial charge is 0.462 e. The van der Waals surface area contributed by atoms with Crippen molar-refractivity contribution in [2.45, 2.75) is 27.3 Å². The highest BCUT2D eigenvalue weighted by atomic mass is 32.1. The molecule has 0 aliphatic rings. The zero-order valence-electron chi connectivity index (χ0n) is 10.2. The Morgan fingerprint density at radius 2 is 2.18 bits per heavy atom. The second kappa shape index (κ2) is 6.34. The van der Waals surface area contributed by atoms with Crippen molar-refractivity contribution < 1.29 is 9.53 Å². The molecule has 0 atom stereocenters. The third kappa shape index (κ3) is 3.26. The van der Waals surface area contributed by atoms with Gasteiger partial charge in [-0.1, -0.05) is 11.3 Å². The monoisotopic (exact) mass is 256 g/mol. The van der Waals surface area contributed by atoms with Crippen LogP contribution in [0.3, 0.4) is 0 Å². The van der Waals surface area contributed by atoms with E-state index in [2.05, 4.69) is 4.99 Å². The predicted molar refractivity (Wildman–Crippen MR) is 66.3 cm³/mol. The topological polar surface area (TPSA) is 60.7 Å². The minimum atomic E-state index is -0.467. The van der Waals surface area contributed by atoms with Crippen molar-refractivity contribution >= 4 is 17.3 Å². The molecule has 0 aromatic carbocycles. The molecule has 5 nitrogen and oxygen atoms in total. The molecule has 0 saturated carbocycles. The van der Waals surface area contributed by atoms with Crippen LogP contribution in [0.15, 0.2) is 15.9 Å². The SMILES string of the molecule is CCN=c1sc(C(=O)OCC)cc(=O)n1CC. The first-order chi connectivity index (χ1) is 8.13. The number of hydrogen-bond acceptors (Lipinski definition) is 5. The Bertz CT molecular complexity index is 516. The summed E-state index contributed by atoms with van der Waals surface area (Å²) < 4.78 is 6.41. The molecule has 1 heterocycles.